The largest absolute Gasteiger partial charge is 0.389 e. The van der Waals surface area contributed by atoms with Crippen molar-refractivity contribution < 1.29 is 13.2 Å². The summed E-state index contributed by atoms with van der Waals surface area (Å²) in [6, 6.07) is 7.92. The van der Waals surface area contributed by atoms with E-state index in [1.807, 2.05) is 29.3 Å². The number of unbranched alkanes of at least 4 members (excludes halogenated alkanes) is 1. The van der Waals surface area contributed by atoms with Crippen LogP contribution < -0.4 is 0 Å². The summed E-state index contributed by atoms with van der Waals surface area (Å²) in [5.74, 6) is 7.78. The van der Waals surface area contributed by atoms with Gasteiger partial charge in [0, 0.05) is 17.9 Å². The van der Waals surface area contributed by atoms with Crippen molar-refractivity contribution in [2.45, 2.75) is 57.5 Å². The van der Waals surface area contributed by atoms with Crippen LogP contribution in [0, 0.1) is 23.7 Å². The van der Waals surface area contributed by atoms with E-state index in [1.165, 1.54) is 12.8 Å². The molecule has 136 valence electrons. The monoisotopic (exact) mass is 412 g/mol. The zero-order valence-corrected chi connectivity index (χ0v) is 15.9. The molecule has 0 atom stereocenters. The molecule has 0 bridgehead atoms. The lowest BCUT2D eigenvalue weighted by Crippen LogP contribution is -2.11. The van der Waals surface area contributed by atoms with Gasteiger partial charge in [0.25, 0.3) is 0 Å². The van der Waals surface area contributed by atoms with Gasteiger partial charge in [-0.05, 0) is 73.5 Å². The van der Waals surface area contributed by atoms with Gasteiger partial charge in [0.05, 0.1) is 0 Å². The fourth-order valence-corrected chi connectivity index (χ4v) is 3.59. The van der Waals surface area contributed by atoms with Crippen LogP contribution in [-0.4, -0.2) is 6.18 Å². The molecule has 1 aromatic carbocycles. The van der Waals surface area contributed by atoms with Gasteiger partial charge < -0.3 is 0 Å². The standard InChI is InChI=1S/C21H24BrF3/c22-16-14-20-12-10-19(11-13-20)9-8-18-6-4-17(5-7-18)3-1-2-15-21(23,24)25/h4-7,14,16,19-20H,1-3,10-13,15H2. The number of halogens is 4. The summed E-state index contributed by atoms with van der Waals surface area (Å²) in [6.07, 6.45) is 3.61. The Bertz CT molecular complexity index is 597. The average Bonchev–Trinajstić information content (AvgIpc) is 2.59. The van der Waals surface area contributed by atoms with Crippen molar-refractivity contribution in [1.82, 2.24) is 0 Å². The fourth-order valence-electron chi connectivity index (χ4n) is 3.15. The van der Waals surface area contributed by atoms with E-state index in [-0.39, 0.29) is 6.42 Å². The van der Waals surface area contributed by atoms with Crippen LogP contribution in [0.3, 0.4) is 0 Å². The van der Waals surface area contributed by atoms with Gasteiger partial charge in [-0.15, -0.1) is 0 Å². The van der Waals surface area contributed by atoms with Crippen molar-refractivity contribution in [3.05, 3.63) is 46.5 Å². The number of allylic oxidation sites excluding steroid dienone is 1. The minimum atomic E-state index is -4.04. The first kappa shape index (κ1) is 20.1. The molecular weight excluding hydrogens is 389 g/mol. The molecule has 0 radical (unpaired) electrons. The van der Waals surface area contributed by atoms with Crippen molar-refractivity contribution in [3.63, 3.8) is 0 Å². The van der Waals surface area contributed by atoms with E-state index in [9.17, 15) is 13.2 Å². The maximum Gasteiger partial charge on any atom is 0.389 e. The molecule has 1 aliphatic rings. The minimum Gasteiger partial charge on any atom is -0.171 e. The second kappa shape index (κ2) is 10.1. The van der Waals surface area contributed by atoms with Gasteiger partial charge in [0.2, 0.25) is 0 Å². The van der Waals surface area contributed by atoms with Crippen molar-refractivity contribution in [3.8, 4) is 11.8 Å². The highest BCUT2D eigenvalue weighted by Gasteiger charge is 2.25. The summed E-state index contributed by atoms with van der Waals surface area (Å²) in [4.78, 5) is 1.95. The van der Waals surface area contributed by atoms with Crippen molar-refractivity contribution >= 4 is 15.9 Å². The van der Waals surface area contributed by atoms with Crippen LogP contribution in [0.15, 0.2) is 35.3 Å². The molecule has 0 nitrogen and oxygen atoms in total. The number of hydrogen-bond donors (Lipinski definition) is 0. The lowest BCUT2D eigenvalue weighted by molar-refractivity contribution is -0.135. The Labute approximate surface area is 157 Å². The van der Waals surface area contributed by atoms with E-state index in [0.29, 0.717) is 24.7 Å². The number of hydrogen-bond acceptors (Lipinski definition) is 0. The first-order valence-electron chi connectivity index (χ1n) is 8.90. The average molecular weight is 413 g/mol. The van der Waals surface area contributed by atoms with Crippen LogP contribution in [0.2, 0.25) is 0 Å². The third-order valence-electron chi connectivity index (χ3n) is 4.67. The number of alkyl halides is 3. The van der Waals surface area contributed by atoms with Gasteiger partial charge in [0.1, 0.15) is 0 Å². The van der Waals surface area contributed by atoms with Gasteiger partial charge in [-0.3, -0.25) is 0 Å². The topological polar surface area (TPSA) is 0 Å². The molecule has 0 saturated heterocycles. The van der Waals surface area contributed by atoms with E-state index in [0.717, 1.165) is 24.0 Å². The van der Waals surface area contributed by atoms with Crippen LogP contribution in [0.25, 0.3) is 0 Å². The van der Waals surface area contributed by atoms with E-state index in [1.54, 1.807) is 0 Å². The van der Waals surface area contributed by atoms with E-state index in [4.69, 9.17) is 0 Å². The van der Waals surface area contributed by atoms with Gasteiger partial charge >= 0.3 is 6.18 Å². The molecule has 0 aliphatic heterocycles. The summed E-state index contributed by atoms with van der Waals surface area (Å²) < 4.78 is 36.3. The Hall–Kier alpha value is -1.21. The normalized spacial score (nSPS) is 21.1. The Balaban J connectivity index is 1.75. The molecule has 1 aromatic rings. The molecule has 1 saturated carbocycles. The van der Waals surface area contributed by atoms with Crippen molar-refractivity contribution in [1.29, 1.82) is 0 Å². The maximum atomic E-state index is 12.1. The molecular formula is C21H24BrF3. The predicted octanol–water partition coefficient (Wildman–Crippen LogP) is 7.03. The van der Waals surface area contributed by atoms with Gasteiger partial charge in [0.15, 0.2) is 0 Å². The molecule has 1 aliphatic carbocycles. The summed E-state index contributed by atoms with van der Waals surface area (Å²) in [5.41, 5.74) is 2.07. The van der Waals surface area contributed by atoms with E-state index < -0.39 is 12.6 Å². The van der Waals surface area contributed by atoms with Crippen molar-refractivity contribution in [2.24, 2.45) is 11.8 Å². The van der Waals surface area contributed by atoms with Crippen LogP contribution in [0.4, 0.5) is 13.2 Å². The molecule has 0 N–H and O–H groups in total. The van der Waals surface area contributed by atoms with Crippen LogP contribution in [-0.2, 0) is 6.42 Å². The molecule has 25 heavy (non-hydrogen) atoms. The van der Waals surface area contributed by atoms with Gasteiger partial charge in [-0.2, -0.15) is 13.2 Å². The molecule has 1 fully saturated rings. The Morgan fingerprint density at radius 1 is 1.04 bits per heavy atom. The third kappa shape index (κ3) is 8.14. The molecule has 0 amide bonds. The SMILES string of the molecule is FC(F)(F)CCCCc1ccc(C#CC2CCC(C=CBr)CC2)cc1. The Morgan fingerprint density at radius 2 is 1.72 bits per heavy atom. The number of aryl methyl sites for hydroxylation is 1. The maximum absolute atomic E-state index is 12.1. The summed E-state index contributed by atoms with van der Waals surface area (Å²) in [7, 11) is 0. The summed E-state index contributed by atoms with van der Waals surface area (Å²) in [6.45, 7) is 0. The zero-order chi connectivity index (χ0) is 18.1. The highest BCUT2D eigenvalue weighted by atomic mass is 79.9. The minimum absolute atomic E-state index is 0.192. The molecule has 0 unspecified atom stereocenters. The number of benzene rings is 1. The van der Waals surface area contributed by atoms with Crippen LogP contribution in [0.1, 0.15) is 56.1 Å². The quantitative estimate of drug-likeness (QED) is 0.359. The molecule has 0 heterocycles. The van der Waals surface area contributed by atoms with Crippen LogP contribution in [0.5, 0.6) is 0 Å². The third-order valence-corrected chi connectivity index (χ3v) is 4.97. The smallest absolute Gasteiger partial charge is 0.171 e. The Morgan fingerprint density at radius 3 is 2.32 bits per heavy atom. The first-order chi connectivity index (χ1) is 12.0. The highest BCUT2D eigenvalue weighted by Crippen LogP contribution is 2.29. The second-order valence-corrected chi connectivity index (χ2v) is 7.25. The predicted molar refractivity (Wildman–Crippen MR) is 100 cm³/mol. The molecule has 4 heteroatoms. The second-order valence-electron chi connectivity index (χ2n) is 6.72. The van der Waals surface area contributed by atoms with Gasteiger partial charge in [-0.1, -0.05) is 46.0 Å². The number of rotatable bonds is 5. The van der Waals surface area contributed by atoms with Gasteiger partial charge in [-0.25, -0.2) is 0 Å². The lowest BCUT2D eigenvalue weighted by atomic mass is 9.82. The molecule has 2 rings (SSSR count). The van der Waals surface area contributed by atoms with E-state index in [2.05, 4.69) is 33.8 Å². The first-order valence-corrected chi connectivity index (χ1v) is 9.82. The van der Waals surface area contributed by atoms with Crippen LogP contribution >= 0.6 is 15.9 Å². The van der Waals surface area contributed by atoms with Crippen molar-refractivity contribution in [2.75, 3.05) is 0 Å². The fraction of sp³-hybridized carbons (Fsp3) is 0.524. The highest BCUT2D eigenvalue weighted by molar-refractivity contribution is 9.11. The van der Waals surface area contributed by atoms with E-state index >= 15 is 0 Å². The summed E-state index contributed by atoms with van der Waals surface area (Å²) in [5, 5.41) is 0. The molecule has 0 aromatic heterocycles. The lowest BCUT2D eigenvalue weighted by Gasteiger charge is -2.22. The summed E-state index contributed by atoms with van der Waals surface area (Å²) >= 11 is 3.34. The molecule has 0 spiro atoms. The zero-order valence-electron chi connectivity index (χ0n) is 14.3. The Kier molecular flexibility index (Phi) is 8.09.